The first-order chi connectivity index (χ1) is 10.2. The number of nitrogens with one attached hydrogen (secondary N) is 1. The van der Waals surface area contributed by atoms with Crippen molar-refractivity contribution in [3.05, 3.63) is 77.1 Å². The molecule has 0 heterocycles. The summed E-state index contributed by atoms with van der Waals surface area (Å²) in [5.74, 6) is -0.560. The molecule has 21 heavy (non-hydrogen) atoms. The Morgan fingerprint density at radius 1 is 1.24 bits per heavy atom. The van der Waals surface area contributed by atoms with Crippen LogP contribution < -0.4 is 5.32 Å². The highest BCUT2D eigenvalue weighted by atomic mass is 19.1. The van der Waals surface area contributed by atoms with Crippen molar-refractivity contribution in [2.75, 3.05) is 0 Å². The average Bonchev–Trinajstić information content (AvgIpc) is 2.52. The Balaban J connectivity index is 1.90. The zero-order valence-corrected chi connectivity index (χ0v) is 11.2. The average molecular weight is 280 g/mol. The van der Waals surface area contributed by atoms with Gasteiger partial charge in [0.05, 0.1) is 11.6 Å². The Hall–Kier alpha value is -2.93. The first kappa shape index (κ1) is 14.5. The number of hydrogen-bond acceptors (Lipinski definition) is 2. The lowest BCUT2D eigenvalue weighted by Gasteiger charge is -2.02. The van der Waals surface area contributed by atoms with Crippen molar-refractivity contribution < 1.29 is 9.18 Å². The van der Waals surface area contributed by atoms with E-state index in [1.807, 2.05) is 12.1 Å². The monoisotopic (exact) mass is 280 g/mol. The molecule has 0 saturated carbocycles. The Labute approximate surface area is 122 Å². The van der Waals surface area contributed by atoms with Crippen molar-refractivity contribution in [3.63, 3.8) is 0 Å². The summed E-state index contributed by atoms with van der Waals surface area (Å²) >= 11 is 0. The van der Waals surface area contributed by atoms with Crippen LogP contribution in [-0.2, 0) is 11.3 Å². The van der Waals surface area contributed by atoms with Crippen LogP contribution in [0.25, 0.3) is 6.08 Å². The normalized spacial score (nSPS) is 10.3. The van der Waals surface area contributed by atoms with E-state index < -0.39 is 0 Å². The van der Waals surface area contributed by atoms with Gasteiger partial charge >= 0.3 is 0 Å². The maximum atomic E-state index is 12.7. The zero-order valence-electron chi connectivity index (χ0n) is 11.2. The van der Waals surface area contributed by atoms with Gasteiger partial charge in [0, 0.05) is 12.6 Å². The van der Waals surface area contributed by atoms with Crippen molar-refractivity contribution in [1.29, 1.82) is 5.26 Å². The minimum absolute atomic E-state index is 0.248. The summed E-state index contributed by atoms with van der Waals surface area (Å²) in [5, 5.41) is 11.5. The predicted octanol–water partition coefficient (Wildman–Crippen LogP) is 3.03. The highest BCUT2D eigenvalue weighted by Crippen LogP contribution is 2.05. The maximum absolute atomic E-state index is 12.7. The third kappa shape index (κ3) is 4.59. The molecule has 2 aromatic carbocycles. The molecular weight excluding hydrogens is 267 g/mol. The first-order valence-electron chi connectivity index (χ1n) is 6.38. The number of halogens is 1. The SMILES string of the molecule is N#Cc1cccc(CNC(=O)/C=C/c2ccc(F)cc2)c1. The molecule has 0 unspecified atom stereocenters. The van der Waals surface area contributed by atoms with Crippen LogP contribution in [0.3, 0.4) is 0 Å². The van der Waals surface area contributed by atoms with E-state index in [2.05, 4.69) is 5.32 Å². The molecule has 3 nitrogen and oxygen atoms in total. The molecule has 0 spiro atoms. The van der Waals surface area contributed by atoms with E-state index in [4.69, 9.17) is 5.26 Å². The molecule has 0 aliphatic rings. The molecule has 0 radical (unpaired) electrons. The first-order valence-corrected chi connectivity index (χ1v) is 6.38. The number of rotatable bonds is 4. The van der Waals surface area contributed by atoms with E-state index in [-0.39, 0.29) is 11.7 Å². The maximum Gasteiger partial charge on any atom is 0.244 e. The van der Waals surface area contributed by atoms with Crippen LogP contribution in [0, 0.1) is 17.1 Å². The van der Waals surface area contributed by atoms with Gasteiger partial charge in [-0.15, -0.1) is 0 Å². The molecular formula is C17H13FN2O. The van der Waals surface area contributed by atoms with Crippen LogP contribution in [0.4, 0.5) is 4.39 Å². The Morgan fingerprint density at radius 3 is 2.71 bits per heavy atom. The molecule has 104 valence electrons. The van der Waals surface area contributed by atoms with E-state index in [1.54, 1.807) is 36.4 Å². The largest absolute Gasteiger partial charge is 0.348 e. The lowest BCUT2D eigenvalue weighted by atomic mass is 10.1. The fraction of sp³-hybridized carbons (Fsp3) is 0.0588. The van der Waals surface area contributed by atoms with E-state index in [9.17, 15) is 9.18 Å². The van der Waals surface area contributed by atoms with Gasteiger partial charge < -0.3 is 5.32 Å². The van der Waals surface area contributed by atoms with Crippen LogP contribution in [0.15, 0.2) is 54.6 Å². The molecule has 1 N–H and O–H groups in total. The second kappa shape index (κ2) is 7.01. The number of amides is 1. The van der Waals surface area contributed by atoms with Crippen molar-refractivity contribution >= 4 is 12.0 Å². The van der Waals surface area contributed by atoms with Gasteiger partial charge in [-0.3, -0.25) is 4.79 Å². The van der Waals surface area contributed by atoms with Crippen molar-refractivity contribution in [3.8, 4) is 6.07 Å². The minimum atomic E-state index is -0.311. The Bertz CT molecular complexity index is 699. The molecule has 2 rings (SSSR count). The van der Waals surface area contributed by atoms with E-state index in [1.165, 1.54) is 18.2 Å². The topological polar surface area (TPSA) is 52.9 Å². The molecule has 4 heteroatoms. The van der Waals surface area contributed by atoms with Crippen LogP contribution in [-0.4, -0.2) is 5.91 Å². The lowest BCUT2D eigenvalue weighted by Crippen LogP contribution is -2.20. The molecule has 0 saturated heterocycles. The molecule has 0 atom stereocenters. The van der Waals surface area contributed by atoms with Gasteiger partial charge in [-0.25, -0.2) is 4.39 Å². The highest BCUT2D eigenvalue weighted by Gasteiger charge is 1.98. The van der Waals surface area contributed by atoms with Crippen LogP contribution >= 0.6 is 0 Å². The van der Waals surface area contributed by atoms with Gasteiger partial charge in [-0.1, -0.05) is 24.3 Å². The number of benzene rings is 2. The third-order valence-corrected chi connectivity index (χ3v) is 2.82. The molecule has 0 bridgehead atoms. The number of nitrogens with zero attached hydrogens (tertiary/aromatic N) is 1. The van der Waals surface area contributed by atoms with E-state index >= 15 is 0 Å². The number of carbonyl (C=O) groups excluding carboxylic acids is 1. The summed E-state index contributed by atoms with van der Waals surface area (Å²) in [7, 11) is 0. The van der Waals surface area contributed by atoms with Gasteiger partial charge in [0.15, 0.2) is 0 Å². The van der Waals surface area contributed by atoms with E-state index in [0.29, 0.717) is 12.1 Å². The van der Waals surface area contributed by atoms with Crippen LogP contribution in [0.2, 0.25) is 0 Å². The Morgan fingerprint density at radius 2 is 2.00 bits per heavy atom. The zero-order chi connectivity index (χ0) is 15.1. The van der Waals surface area contributed by atoms with Gasteiger partial charge in [0.25, 0.3) is 0 Å². The highest BCUT2D eigenvalue weighted by molar-refractivity contribution is 5.91. The summed E-state index contributed by atoms with van der Waals surface area (Å²) < 4.78 is 12.7. The smallest absolute Gasteiger partial charge is 0.244 e. The molecule has 0 fully saturated rings. The van der Waals surface area contributed by atoms with Crippen molar-refractivity contribution in [2.24, 2.45) is 0 Å². The Kier molecular flexibility index (Phi) is 4.84. The minimum Gasteiger partial charge on any atom is -0.348 e. The molecule has 0 aliphatic heterocycles. The second-order valence-electron chi connectivity index (χ2n) is 4.41. The van der Waals surface area contributed by atoms with E-state index in [0.717, 1.165) is 11.1 Å². The summed E-state index contributed by atoms with van der Waals surface area (Å²) in [6, 6.07) is 15.0. The van der Waals surface area contributed by atoms with Crippen LogP contribution in [0.5, 0.6) is 0 Å². The van der Waals surface area contributed by atoms with Crippen molar-refractivity contribution in [2.45, 2.75) is 6.54 Å². The van der Waals surface area contributed by atoms with Crippen molar-refractivity contribution in [1.82, 2.24) is 5.32 Å². The predicted molar refractivity (Wildman–Crippen MR) is 78.4 cm³/mol. The molecule has 0 aromatic heterocycles. The van der Waals surface area contributed by atoms with Gasteiger partial charge in [-0.2, -0.15) is 5.26 Å². The quantitative estimate of drug-likeness (QED) is 0.875. The standard InChI is InChI=1S/C17H13FN2O/c18-16-7-4-13(5-8-16)6-9-17(21)20-12-15-3-1-2-14(10-15)11-19/h1-10H,12H2,(H,20,21)/b9-6+. The van der Waals surface area contributed by atoms with Gasteiger partial charge in [0.1, 0.15) is 5.82 Å². The summed E-state index contributed by atoms with van der Waals surface area (Å²) in [4.78, 5) is 11.7. The van der Waals surface area contributed by atoms with Gasteiger partial charge in [-0.05, 0) is 41.5 Å². The van der Waals surface area contributed by atoms with Gasteiger partial charge in [0.2, 0.25) is 5.91 Å². The number of hydrogen-bond donors (Lipinski definition) is 1. The lowest BCUT2D eigenvalue weighted by molar-refractivity contribution is -0.116. The summed E-state index contributed by atoms with van der Waals surface area (Å²) in [6.07, 6.45) is 3.00. The second-order valence-corrected chi connectivity index (χ2v) is 4.41. The number of carbonyl (C=O) groups is 1. The summed E-state index contributed by atoms with van der Waals surface area (Å²) in [5.41, 5.74) is 2.17. The molecule has 1 amide bonds. The third-order valence-electron chi connectivity index (χ3n) is 2.82. The fourth-order valence-corrected chi connectivity index (χ4v) is 1.74. The summed E-state index contributed by atoms with van der Waals surface area (Å²) in [6.45, 7) is 0.349. The fourth-order valence-electron chi connectivity index (χ4n) is 1.74. The number of nitriles is 1. The van der Waals surface area contributed by atoms with Crippen LogP contribution in [0.1, 0.15) is 16.7 Å². The molecule has 2 aromatic rings. The molecule has 0 aliphatic carbocycles.